The molecule has 2 fully saturated rings. The molecule has 2 rings (SSSR count). The molecule has 0 spiro atoms. The third-order valence-corrected chi connectivity index (χ3v) is 7.20. The molecule has 160 valence electrons. The fourth-order valence-electron chi connectivity index (χ4n) is 3.98. The molecule has 0 N–H and O–H groups in total. The van der Waals surface area contributed by atoms with Gasteiger partial charge in [0.2, 0.25) is 0 Å². The Balaban J connectivity index is 2.18. The fraction of sp³-hybridized carbons (Fsp3) is 0.810. The van der Waals surface area contributed by atoms with E-state index in [2.05, 4.69) is 19.6 Å². The van der Waals surface area contributed by atoms with Crippen molar-refractivity contribution in [3.63, 3.8) is 0 Å². The Hall–Kier alpha value is -1.50. The highest BCUT2D eigenvalue weighted by molar-refractivity contribution is 6.76. The molecule has 0 unspecified atom stereocenters. The highest BCUT2D eigenvalue weighted by Crippen LogP contribution is 2.38. The molecular formula is C21H38N2O4Si. The number of amides is 2. The molecule has 0 aromatic heterocycles. The number of hydrogen-bond acceptors (Lipinski definition) is 4. The van der Waals surface area contributed by atoms with Gasteiger partial charge >= 0.3 is 12.2 Å². The van der Waals surface area contributed by atoms with Crippen molar-refractivity contribution < 1.29 is 19.1 Å². The summed E-state index contributed by atoms with van der Waals surface area (Å²) in [5.41, 5.74) is 0.551. The van der Waals surface area contributed by atoms with Crippen molar-refractivity contribution in [2.45, 2.75) is 96.9 Å². The molecule has 2 aliphatic rings. The number of likely N-dealkylation sites (tertiary alicyclic amines) is 1. The lowest BCUT2D eigenvalue weighted by atomic mass is 9.96. The van der Waals surface area contributed by atoms with E-state index in [9.17, 15) is 9.59 Å². The van der Waals surface area contributed by atoms with Gasteiger partial charge < -0.3 is 9.47 Å². The van der Waals surface area contributed by atoms with Crippen LogP contribution in [0.15, 0.2) is 11.6 Å². The maximum absolute atomic E-state index is 12.9. The second kappa shape index (κ2) is 8.47. The van der Waals surface area contributed by atoms with E-state index < -0.39 is 13.7 Å². The molecule has 2 amide bonds. The van der Waals surface area contributed by atoms with Crippen molar-refractivity contribution in [2.75, 3.05) is 13.2 Å². The summed E-state index contributed by atoms with van der Waals surface area (Å²) in [6.07, 6.45) is 3.25. The third-order valence-electron chi connectivity index (χ3n) is 5.49. The van der Waals surface area contributed by atoms with Gasteiger partial charge in [-0.25, -0.2) is 9.59 Å². The number of piperazine rings is 1. The topological polar surface area (TPSA) is 59.1 Å². The number of carbonyl (C=O) groups excluding carboxylic acids is 2. The van der Waals surface area contributed by atoms with Gasteiger partial charge in [0, 0.05) is 14.6 Å². The molecule has 2 heterocycles. The van der Waals surface area contributed by atoms with E-state index in [1.54, 1.807) is 0 Å². The summed E-state index contributed by atoms with van der Waals surface area (Å²) in [6, 6.07) is 0.729. The molecule has 0 radical (unpaired) electrons. The van der Waals surface area contributed by atoms with Crippen LogP contribution in [0.4, 0.5) is 9.59 Å². The number of carbonyl (C=O) groups is 2. The summed E-state index contributed by atoms with van der Waals surface area (Å²) in [6.45, 7) is 17.4. The summed E-state index contributed by atoms with van der Waals surface area (Å²) in [4.78, 5) is 29.4. The minimum absolute atomic E-state index is 0.00898. The summed E-state index contributed by atoms with van der Waals surface area (Å²) >= 11 is 0. The van der Waals surface area contributed by atoms with Crippen LogP contribution >= 0.6 is 0 Å². The van der Waals surface area contributed by atoms with E-state index in [-0.39, 0.29) is 30.3 Å². The Labute approximate surface area is 171 Å². The van der Waals surface area contributed by atoms with Gasteiger partial charge in [-0.3, -0.25) is 9.80 Å². The van der Waals surface area contributed by atoms with Gasteiger partial charge in [0.05, 0.1) is 24.7 Å². The van der Waals surface area contributed by atoms with Crippen molar-refractivity contribution in [2.24, 2.45) is 0 Å². The van der Waals surface area contributed by atoms with E-state index in [0.29, 0.717) is 13.2 Å². The molecule has 2 saturated heterocycles. The minimum Gasteiger partial charge on any atom is -0.450 e. The smallest absolute Gasteiger partial charge is 0.410 e. The van der Waals surface area contributed by atoms with Crippen LogP contribution in [0, 0.1) is 0 Å². The Kier molecular flexibility index (Phi) is 6.89. The molecule has 0 saturated carbocycles. The highest BCUT2D eigenvalue weighted by atomic mass is 28.3. The normalized spacial score (nSPS) is 25.7. The number of ether oxygens (including phenoxy) is 2. The van der Waals surface area contributed by atoms with Gasteiger partial charge in [0.25, 0.3) is 0 Å². The molecule has 28 heavy (non-hydrogen) atoms. The third kappa shape index (κ3) is 5.52. The largest absolute Gasteiger partial charge is 0.450 e. The van der Waals surface area contributed by atoms with Crippen LogP contribution in [0.3, 0.4) is 0 Å². The quantitative estimate of drug-likeness (QED) is 0.489. The zero-order valence-corrected chi connectivity index (χ0v) is 19.9. The number of allylic oxidation sites excluding steroid dienone is 1. The van der Waals surface area contributed by atoms with Gasteiger partial charge in [0.1, 0.15) is 5.60 Å². The molecule has 0 aromatic rings. The lowest BCUT2D eigenvalue weighted by Gasteiger charge is -2.46. The summed E-state index contributed by atoms with van der Waals surface area (Å²) in [5.74, 6) is 0. The Morgan fingerprint density at radius 1 is 1.14 bits per heavy atom. The Bertz CT molecular complexity index is 621. The van der Waals surface area contributed by atoms with Crippen LogP contribution in [-0.2, 0) is 9.47 Å². The molecule has 0 aromatic carbocycles. The standard InChI is InChI=1S/C21H38N2O4Si/c1-9-15(2)18-17-11-10-16(23(17)20(25)27-21(3,4)5)14-22(18)19(24)26-12-13-28(6,7)8/h9,16-18H,10-14H2,1-8H3/t16-,17+,18+/m1/s1. The zero-order chi connectivity index (χ0) is 21.3. The van der Waals surface area contributed by atoms with Crippen molar-refractivity contribution in [1.82, 2.24) is 9.80 Å². The lowest BCUT2D eigenvalue weighted by Crippen LogP contribution is -2.63. The van der Waals surface area contributed by atoms with Crippen molar-refractivity contribution in [3.05, 3.63) is 11.6 Å². The summed E-state index contributed by atoms with van der Waals surface area (Å²) in [7, 11) is -1.26. The van der Waals surface area contributed by atoms with Gasteiger partial charge in [-0.05, 0) is 53.5 Å². The first-order valence-corrected chi connectivity index (χ1v) is 14.1. The number of rotatable bonds is 4. The first-order valence-electron chi connectivity index (χ1n) is 10.4. The molecule has 3 atom stereocenters. The Morgan fingerprint density at radius 2 is 1.79 bits per heavy atom. The van der Waals surface area contributed by atoms with E-state index in [0.717, 1.165) is 24.5 Å². The summed E-state index contributed by atoms with van der Waals surface area (Å²) in [5, 5.41) is 0. The maximum Gasteiger partial charge on any atom is 0.410 e. The SMILES string of the molecule is CC=C(C)[C@H]1[C@@H]2CC[C@H](CN1C(=O)OCC[Si](C)(C)C)N2C(=O)OC(C)(C)C. The predicted octanol–water partition coefficient (Wildman–Crippen LogP) is 4.88. The zero-order valence-electron chi connectivity index (χ0n) is 18.9. The molecule has 7 heteroatoms. The van der Waals surface area contributed by atoms with Gasteiger partial charge in [-0.2, -0.15) is 0 Å². The summed E-state index contributed by atoms with van der Waals surface area (Å²) < 4.78 is 11.3. The predicted molar refractivity (Wildman–Crippen MR) is 114 cm³/mol. The minimum atomic E-state index is -1.26. The maximum atomic E-state index is 12.9. The molecule has 2 bridgehead atoms. The number of fused-ring (bicyclic) bond motifs is 2. The van der Waals surface area contributed by atoms with E-state index in [1.807, 2.05) is 50.5 Å². The lowest BCUT2D eigenvalue weighted by molar-refractivity contribution is -0.0161. The van der Waals surface area contributed by atoms with Gasteiger partial charge in [-0.1, -0.05) is 31.3 Å². The second-order valence-corrected chi connectivity index (χ2v) is 15.9. The van der Waals surface area contributed by atoms with Crippen molar-refractivity contribution in [3.8, 4) is 0 Å². The van der Waals surface area contributed by atoms with Crippen molar-refractivity contribution >= 4 is 20.3 Å². The monoisotopic (exact) mass is 410 g/mol. The van der Waals surface area contributed by atoms with Crippen LogP contribution in [0.2, 0.25) is 25.7 Å². The van der Waals surface area contributed by atoms with Crippen LogP contribution in [-0.4, -0.2) is 66.9 Å². The number of hydrogen-bond donors (Lipinski definition) is 0. The molecule has 6 nitrogen and oxygen atoms in total. The second-order valence-electron chi connectivity index (χ2n) is 10.2. The average Bonchev–Trinajstić information content (AvgIpc) is 2.85. The molecular weight excluding hydrogens is 372 g/mol. The molecule has 2 aliphatic heterocycles. The average molecular weight is 411 g/mol. The highest BCUT2D eigenvalue weighted by Gasteiger charge is 2.51. The number of nitrogens with zero attached hydrogens (tertiary/aromatic N) is 2. The first-order chi connectivity index (χ1) is 12.8. The van der Waals surface area contributed by atoms with Gasteiger partial charge in [-0.15, -0.1) is 0 Å². The van der Waals surface area contributed by atoms with Crippen LogP contribution in [0.5, 0.6) is 0 Å². The first kappa shape index (κ1) is 22.8. The van der Waals surface area contributed by atoms with Crippen LogP contribution in [0.25, 0.3) is 0 Å². The Morgan fingerprint density at radius 3 is 2.32 bits per heavy atom. The van der Waals surface area contributed by atoms with Crippen LogP contribution in [0.1, 0.15) is 47.5 Å². The van der Waals surface area contributed by atoms with E-state index in [1.165, 1.54) is 0 Å². The van der Waals surface area contributed by atoms with Crippen molar-refractivity contribution in [1.29, 1.82) is 0 Å². The van der Waals surface area contributed by atoms with Gasteiger partial charge in [0.15, 0.2) is 0 Å². The van der Waals surface area contributed by atoms with E-state index >= 15 is 0 Å². The fourth-order valence-corrected chi connectivity index (χ4v) is 4.70. The molecule has 0 aliphatic carbocycles. The van der Waals surface area contributed by atoms with E-state index in [4.69, 9.17) is 9.47 Å². The van der Waals surface area contributed by atoms with Crippen LogP contribution < -0.4 is 0 Å².